The largest absolute Gasteiger partial charge is 0.378 e. The zero-order chi connectivity index (χ0) is 18.9. The zero-order valence-corrected chi connectivity index (χ0v) is 15.6. The van der Waals surface area contributed by atoms with Gasteiger partial charge in [0.25, 0.3) is 0 Å². The number of aromatic amines is 1. The first-order valence-electron chi connectivity index (χ1n) is 9.34. The quantitative estimate of drug-likeness (QED) is 0.595. The Balaban J connectivity index is 1.78. The maximum Gasteiger partial charge on any atom is 0.130 e. The smallest absolute Gasteiger partial charge is 0.130 e. The molecule has 1 saturated heterocycles. The van der Waals surface area contributed by atoms with Gasteiger partial charge in [-0.1, -0.05) is 0 Å². The molecule has 0 radical (unpaired) electrons. The Morgan fingerprint density at radius 2 is 1.96 bits per heavy atom. The molecule has 140 valence electrons. The van der Waals surface area contributed by atoms with Crippen LogP contribution in [0.3, 0.4) is 0 Å². The van der Waals surface area contributed by atoms with E-state index in [1.165, 1.54) is 0 Å². The number of nitrogens with zero attached hydrogens (tertiary/aromatic N) is 5. The van der Waals surface area contributed by atoms with Crippen molar-refractivity contribution in [1.82, 2.24) is 25.1 Å². The molecular formula is C21H20N6O. The van der Waals surface area contributed by atoms with Crippen LogP contribution in [0.1, 0.15) is 5.56 Å². The van der Waals surface area contributed by atoms with Crippen molar-refractivity contribution in [2.24, 2.45) is 0 Å². The third-order valence-corrected chi connectivity index (χ3v) is 4.99. The maximum absolute atomic E-state index is 5.52. The number of hydrogen-bond acceptors (Lipinski definition) is 6. The predicted octanol–water partition coefficient (Wildman–Crippen LogP) is 3.23. The molecule has 1 aliphatic rings. The summed E-state index contributed by atoms with van der Waals surface area (Å²) in [4.78, 5) is 16.3. The molecule has 7 nitrogen and oxygen atoms in total. The maximum atomic E-state index is 5.52. The van der Waals surface area contributed by atoms with Gasteiger partial charge >= 0.3 is 0 Å². The third-order valence-electron chi connectivity index (χ3n) is 4.99. The number of anilines is 1. The number of fused-ring (bicyclic) bond motifs is 1. The Morgan fingerprint density at radius 1 is 1.07 bits per heavy atom. The molecule has 4 aromatic heterocycles. The molecule has 0 amide bonds. The van der Waals surface area contributed by atoms with E-state index in [9.17, 15) is 0 Å². The summed E-state index contributed by atoms with van der Waals surface area (Å²) in [5.74, 6) is 0.932. The highest BCUT2D eigenvalue weighted by Gasteiger charge is 2.18. The van der Waals surface area contributed by atoms with Gasteiger partial charge in [0.1, 0.15) is 17.0 Å². The number of rotatable bonds is 3. The highest BCUT2D eigenvalue weighted by molar-refractivity contribution is 6.01. The molecule has 0 unspecified atom stereocenters. The first kappa shape index (κ1) is 16.8. The fraction of sp³-hybridized carbons (Fsp3) is 0.238. The molecule has 0 saturated carbocycles. The molecule has 5 heterocycles. The minimum absolute atomic E-state index is 0.710. The molecule has 1 N–H and O–H groups in total. The van der Waals surface area contributed by atoms with Crippen molar-refractivity contribution >= 4 is 16.7 Å². The van der Waals surface area contributed by atoms with Crippen LogP contribution in [0.5, 0.6) is 0 Å². The van der Waals surface area contributed by atoms with E-state index in [0.29, 0.717) is 13.2 Å². The summed E-state index contributed by atoms with van der Waals surface area (Å²) in [5, 5.41) is 8.14. The van der Waals surface area contributed by atoms with E-state index in [1.54, 1.807) is 6.20 Å². The number of aromatic nitrogens is 5. The number of nitrogens with one attached hydrogen (secondary N) is 1. The van der Waals surface area contributed by atoms with Crippen LogP contribution in [0, 0.1) is 6.92 Å². The predicted molar refractivity (Wildman–Crippen MR) is 108 cm³/mol. The van der Waals surface area contributed by atoms with E-state index < -0.39 is 0 Å². The molecule has 0 aromatic carbocycles. The van der Waals surface area contributed by atoms with Crippen molar-refractivity contribution in [3.8, 4) is 22.5 Å². The number of aryl methyl sites for hydroxylation is 1. The molecule has 1 fully saturated rings. The Morgan fingerprint density at radius 3 is 2.75 bits per heavy atom. The van der Waals surface area contributed by atoms with Gasteiger partial charge in [0.15, 0.2) is 0 Å². The second kappa shape index (κ2) is 7.01. The second-order valence-corrected chi connectivity index (χ2v) is 6.90. The number of pyridine rings is 3. The van der Waals surface area contributed by atoms with E-state index in [-0.39, 0.29) is 0 Å². The Bertz CT molecular complexity index is 1120. The number of morpholine rings is 1. The van der Waals surface area contributed by atoms with E-state index in [0.717, 1.165) is 57.9 Å². The van der Waals surface area contributed by atoms with Gasteiger partial charge in [-0.25, -0.2) is 4.98 Å². The molecule has 1 aliphatic heterocycles. The molecular weight excluding hydrogens is 352 g/mol. The second-order valence-electron chi connectivity index (χ2n) is 6.90. The summed E-state index contributed by atoms with van der Waals surface area (Å²) in [5.41, 5.74) is 5.80. The van der Waals surface area contributed by atoms with Crippen LogP contribution in [0.4, 0.5) is 5.82 Å². The summed E-state index contributed by atoms with van der Waals surface area (Å²) < 4.78 is 5.52. The van der Waals surface area contributed by atoms with Gasteiger partial charge < -0.3 is 9.64 Å². The molecule has 0 spiro atoms. The van der Waals surface area contributed by atoms with E-state index in [1.807, 2.05) is 30.7 Å². The fourth-order valence-electron chi connectivity index (χ4n) is 3.62. The van der Waals surface area contributed by atoms with Crippen LogP contribution in [0.15, 0.2) is 49.1 Å². The third kappa shape index (κ3) is 2.99. The molecule has 4 aromatic rings. The SMILES string of the molecule is Cc1cncc(-c2cc(N3CCOCC3)nc3c(-c4ccn[nH]4)nccc23)c1. The van der Waals surface area contributed by atoms with Crippen LogP contribution in [0.2, 0.25) is 0 Å². The highest BCUT2D eigenvalue weighted by atomic mass is 16.5. The van der Waals surface area contributed by atoms with E-state index in [2.05, 4.69) is 44.1 Å². The number of hydrogen-bond donors (Lipinski definition) is 1. The van der Waals surface area contributed by atoms with Crippen molar-refractivity contribution in [2.75, 3.05) is 31.2 Å². The molecule has 28 heavy (non-hydrogen) atoms. The van der Waals surface area contributed by atoms with Crippen molar-refractivity contribution in [3.05, 3.63) is 54.6 Å². The topological polar surface area (TPSA) is 79.8 Å². The zero-order valence-electron chi connectivity index (χ0n) is 15.6. The lowest BCUT2D eigenvalue weighted by atomic mass is 10.0. The van der Waals surface area contributed by atoms with E-state index >= 15 is 0 Å². The fourth-order valence-corrected chi connectivity index (χ4v) is 3.62. The highest BCUT2D eigenvalue weighted by Crippen LogP contribution is 2.34. The van der Waals surface area contributed by atoms with Crippen LogP contribution < -0.4 is 4.90 Å². The molecule has 0 aliphatic carbocycles. The minimum atomic E-state index is 0.710. The van der Waals surface area contributed by atoms with Gasteiger partial charge in [-0.3, -0.25) is 15.1 Å². The molecule has 7 heteroatoms. The van der Waals surface area contributed by atoms with Crippen LogP contribution in [0.25, 0.3) is 33.4 Å². The van der Waals surface area contributed by atoms with Gasteiger partial charge in [0, 0.05) is 48.8 Å². The van der Waals surface area contributed by atoms with Crippen LogP contribution >= 0.6 is 0 Å². The van der Waals surface area contributed by atoms with Crippen molar-refractivity contribution in [3.63, 3.8) is 0 Å². The average Bonchev–Trinajstić information content (AvgIpc) is 3.28. The van der Waals surface area contributed by atoms with Crippen molar-refractivity contribution < 1.29 is 4.74 Å². The normalized spacial score (nSPS) is 14.5. The Labute approximate surface area is 162 Å². The standard InChI is InChI=1S/C21H20N6O/c1-14-10-15(13-22-12-14)17-11-19(27-6-8-28-9-7-27)25-20-16(17)2-4-23-21(20)18-3-5-24-26-18/h2-5,10-13H,6-9H2,1H3,(H,24,26). The van der Waals surface area contributed by atoms with Gasteiger partial charge in [-0.15, -0.1) is 0 Å². The van der Waals surface area contributed by atoms with Crippen LogP contribution in [-0.2, 0) is 4.74 Å². The minimum Gasteiger partial charge on any atom is -0.378 e. The summed E-state index contributed by atoms with van der Waals surface area (Å²) in [6.45, 7) is 5.12. The van der Waals surface area contributed by atoms with Crippen molar-refractivity contribution in [2.45, 2.75) is 6.92 Å². The Kier molecular flexibility index (Phi) is 4.21. The van der Waals surface area contributed by atoms with Gasteiger partial charge in [0.05, 0.1) is 18.9 Å². The molecule has 5 rings (SSSR count). The number of H-pyrrole nitrogens is 1. The van der Waals surface area contributed by atoms with Gasteiger partial charge in [0.2, 0.25) is 0 Å². The molecule has 0 atom stereocenters. The first-order valence-corrected chi connectivity index (χ1v) is 9.34. The van der Waals surface area contributed by atoms with E-state index in [4.69, 9.17) is 9.72 Å². The summed E-state index contributed by atoms with van der Waals surface area (Å²) in [6, 6.07) is 8.24. The van der Waals surface area contributed by atoms with Crippen LogP contribution in [-0.4, -0.2) is 51.5 Å². The van der Waals surface area contributed by atoms with Gasteiger partial charge in [-0.2, -0.15) is 5.10 Å². The lowest BCUT2D eigenvalue weighted by molar-refractivity contribution is 0.122. The van der Waals surface area contributed by atoms with Gasteiger partial charge in [-0.05, 0) is 42.3 Å². The first-order chi connectivity index (χ1) is 13.8. The lowest BCUT2D eigenvalue weighted by Crippen LogP contribution is -2.36. The molecule has 0 bridgehead atoms. The average molecular weight is 372 g/mol. The summed E-state index contributed by atoms with van der Waals surface area (Å²) >= 11 is 0. The van der Waals surface area contributed by atoms with Crippen molar-refractivity contribution in [1.29, 1.82) is 0 Å². The number of ether oxygens (including phenoxy) is 1. The lowest BCUT2D eigenvalue weighted by Gasteiger charge is -2.28. The Hall–Kier alpha value is -3.32. The monoisotopic (exact) mass is 372 g/mol. The summed E-state index contributed by atoms with van der Waals surface area (Å²) in [7, 11) is 0. The summed E-state index contributed by atoms with van der Waals surface area (Å²) in [6.07, 6.45) is 7.32.